The Labute approximate surface area is 176 Å². The molecule has 2 aromatic rings. The van der Waals surface area contributed by atoms with Crippen molar-refractivity contribution in [1.82, 2.24) is 4.72 Å². The van der Waals surface area contributed by atoms with Gasteiger partial charge in [-0.05, 0) is 43.3 Å². The van der Waals surface area contributed by atoms with Crippen molar-refractivity contribution in [1.29, 1.82) is 0 Å². The van der Waals surface area contributed by atoms with Gasteiger partial charge in [0.05, 0.1) is 24.2 Å². The number of amides is 1. The second-order valence-corrected chi connectivity index (χ2v) is 8.36. The van der Waals surface area contributed by atoms with Crippen molar-refractivity contribution in [3.8, 4) is 5.75 Å². The van der Waals surface area contributed by atoms with Gasteiger partial charge in [-0.15, -0.1) is 0 Å². The van der Waals surface area contributed by atoms with E-state index in [0.717, 1.165) is 5.56 Å². The highest BCUT2D eigenvalue weighted by atomic mass is 32.2. The number of hydrogen-bond donors (Lipinski definition) is 2. The topological polar surface area (TPSA) is 111 Å². The number of methoxy groups -OCH3 is 2. The third-order valence-electron chi connectivity index (χ3n) is 4.28. The minimum absolute atomic E-state index is 0.00540. The number of anilines is 1. The van der Waals surface area contributed by atoms with Crippen LogP contribution in [0.2, 0.25) is 0 Å². The lowest BCUT2D eigenvalue weighted by atomic mass is 10.0. The molecular weight excluding hydrogens is 408 g/mol. The van der Waals surface area contributed by atoms with E-state index in [1.807, 2.05) is 13.0 Å². The molecule has 0 saturated carbocycles. The number of hydrogen-bond acceptors (Lipinski definition) is 6. The fourth-order valence-corrected chi connectivity index (χ4v) is 3.72. The van der Waals surface area contributed by atoms with Gasteiger partial charge in [-0.3, -0.25) is 9.59 Å². The number of benzene rings is 2. The van der Waals surface area contributed by atoms with Gasteiger partial charge in [-0.2, -0.15) is 0 Å². The number of ether oxygens (including phenoxy) is 2. The first-order valence-electron chi connectivity index (χ1n) is 9.33. The summed E-state index contributed by atoms with van der Waals surface area (Å²) >= 11 is 0. The molecule has 0 saturated heterocycles. The van der Waals surface area contributed by atoms with Crippen LogP contribution in [0.4, 0.5) is 5.69 Å². The molecule has 2 aromatic carbocycles. The van der Waals surface area contributed by atoms with Crippen molar-refractivity contribution in [2.45, 2.75) is 24.7 Å². The van der Waals surface area contributed by atoms with E-state index in [1.165, 1.54) is 38.5 Å². The van der Waals surface area contributed by atoms with Crippen LogP contribution in [0, 0.1) is 6.92 Å². The van der Waals surface area contributed by atoms with Crippen LogP contribution in [0.3, 0.4) is 0 Å². The molecule has 0 fully saturated rings. The molecule has 0 aliphatic carbocycles. The third kappa shape index (κ3) is 6.65. The quantitative estimate of drug-likeness (QED) is 0.415. The highest BCUT2D eigenvalue weighted by Gasteiger charge is 2.16. The number of nitrogens with one attached hydrogen (secondary N) is 2. The molecule has 162 valence electrons. The normalized spacial score (nSPS) is 11.2. The largest absolute Gasteiger partial charge is 0.496 e. The van der Waals surface area contributed by atoms with Gasteiger partial charge in [0.2, 0.25) is 15.9 Å². The van der Waals surface area contributed by atoms with Gasteiger partial charge in [-0.1, -0.05) is 11.6 Å². The number of carbonyl (C=O) groups excluding carboxylic acids is 2. The molecule has 9 heteroatoms. The highest BCUT2D eigenvalue weighted by molar-refractivity contribution is 7.89. The monoisotopic (exact) mass is 434 g/mol. The summed E-state index contributed by atoms with van der Waals surface area (Å²) in [5, 5.41) is 2.66. The van der Waals surface area contributed by atoms with Crippen LogP contribution in [0.1, 0.15) is 28.8 Å². The maximum absolute atomic E-state index is 12.5. The maximum atomic E-state index is 12.5. The van der Waals surface area contributed by atoms with Crippen molar-refractivity contribution in [2.75, 3.05) is 32.7 Å². The van der Waals surface area contributed by atoms with Crippen LogP contribution in [-0.2, 0) is 19.6 Å². The van der Waals surface area contributed by atoms with E-state index in [4.69, 9.17) is 9.47 Å². The van der Waals surface area contributed by atoms with E-state index in [-0.39, 0.29) is 42.6 Å². The van der Waals surface area contributed by atoms with Crippen molar-refractivity contribution >= 4 is 27.4 Å². The van der Waals surface area contributed by atoms with Crippen molar-refractivity contribution < 1.29 is 27.5 Å². The Hall–Kier alpha value is -2.75. The van der Waals surface area contributed by atoms with E-state index in [9.17, 15) is 18.0 Å². The molecule has 0 aliphatic rings. The highest BCUT2D eigenvalue weighted by Crippen LogP contribution is 2.22. The standard InChI is InChI=1S/C21H26N2O6S/c1-15-4-10-20(29-3)18(14-15)19(24)9-11-21(25)23-16-5-7-17(8-6-16)30(26,27)22-12-13-28-2/h4-8,10,14,22H,9,11-13H2,1-3H3,(H,23,25). The Morgan fingerprint density at radius 1 is 1.00 bits per heavy atom. The van der Waals surface area contributed by atoms with E-state index in [2.05, 4.69) is 10.0 Å². The fourth-order valence-electron chi connectivity index (χ4n) is 2.70. The summed E-state index contributed by atoms with van der Waals surface area (Å²) in [7, 11) is -0.665. The van der Waals surface area contributed by atoms with Gasteiger partial charge >= 0.3 is 0 Å². The summed E-state index contributed by atoms with van der Waals surface area (Å²) < 4.78 is 36.7. The molecule has 0 heterocycles. The zero-order valence-electron chi connectivity index (χ0n) is 17.2. The minimum Gasteiger partial charge on any atom is -0.496 e. The first-order chi connectivity index (χ1) is 14.3. The third-order valence-corrected chi connectivity index (χ3v) is 5.76. The summed E-state index contributed by atoms with van der Waals surface area (Å²) in [4.78, 5) is 24.7. The van der Waals surface area contributed by atoms with Gasteiger partial charge in [0.25, 0.3) is 0 Å². The molecule has 0 atom stereocenters. The lowest BCUT2D eigenvalue weighted by molar-refractivity contribution is -0.116. The zero-order chi connectivity index (χ0) is 22.1. The summed E-state index contributed by atoms with van der Waals surface area (Å²) in [6.45, 7) is 2.30. The number of carbonyl (C=O) groups is 2. The molecule has 0 unspecified atom stereocenters. The summed E-state index contributed by atoms with van der Waals surface area (Å²) in [6.07, 6.45) is 0.0239. The van der Waals surface area contributed by atoms with Gasteiger partial charge in [0, 0.05) is 32.2 Å². The average molecular weight is 435 g/mol. The SMILES string of the molecule is COCCNS(=O)(=O)c1ccc(NC(=O)CCC(=O)c2cc(C)ccc2OC)cc1. The molecule has 30 heavy (non-hydrogen) atoms. The molecule has 0 spiro atoms. The average Bonchev–Trinajstić information content (AvgIpc) is 2.72. The van der Waals surface area contributed by atoms with Crippen LogP contribution in [-0.4, -0.2) is 47.5 Å². The number of rotatable bonds is 11. The van der Waals surface area contributed by atoms with Gasteiger partial charge in [0.15, 0.2) is 5.78 Å². The molecule has 2 rings (SSSR count). The van der Waals surface area contributed by atoms with Crippen LogP contribution < -0.4 is 14.8 Å². The minimum atomic E-state index is -3.64. The zero-order valence-corrected chi connectivity index (χ0v) is 18.0. The Morgan fingerprint density at radius 3 is 2.33 bits per heavy atom. The molecule has 2 N–H and O–H groups in total. The van der Waals surface area contributed by atoms with Gasteiger partial charge < -0.3 is 14.8 Å². The Kier molecular flexibility index (Phi) is 8.52. The summed E-state index contributed by atoms with van der Waals surface area (Å²) in [5.41, 5.74) is 1.81. The molecule has 0 aromatic heterocycles. The molecule has 1 amide bonds. The van der Waals surface area contributed by atoms with E-state index < -0.39 is 10.0 Å². The second-order valence-electron chi connectivity index (χ2n) is 6.59. The number of Topliss-reactive ketones (excluding diaryl/α,β-unsaturated/α-hetero) is 1. The van der Waals surface area contributed by atoms with E-state index in [1.54, 1.807) is 12.1 Å². The molecule has 0 radical (unpaired) electrons. The van der Waals surface area contributed by atoms with E-state index >= 15 is 0 Å². The summed E-state index contributed by atoms with van der Waals surface area (Å²) in [5.74, 6) is -0.0556. The lowest BCUT2D eigenvalue weighted by Gasteiger charge is -2.10. The number of sulfonamides is 1. The van der Waals surface area contributed by atoms with Crippen LogP contribution in [0.15, 0.2) is 47.4 Å². The first-order valence-corrected chi connectivity index (χ1v) is 10.8. The maximum Gasteiger partial charge on any atom is 0.240 e. The second kappa shape index (κ2) is 10.9. The number of aryl methyl sites for hydroxylation is 1. The summed E-state index contributed by atoms with van der Waals surface area (Å²) in [6, 6.07) is 11.1. The van der Waals surface area contributed by atoms with Crippen LogP contribution >= 0.6 is 0 Å². The predicted octanol–water partition coefficient (Wildman–Crippen LogP) is 2.53. The smallest absolute Gasteiger partial charge is 0.240 e. The van der Waals surface area contributed by atoms with Crippen molar-refractivity contribution in [2.24, 2.45) is 0 Å². The van der Waals surface area contributed by atoms with Gasteiger partial charge in [0.1, 0.15) is 5.75 Å². The molecule has 0 aliphatic heterocycles. The van der Waals surface area contributed by atoms with Crippen molar-refractivity contribution in [3.63, 3.8) is 0 Å². The molecule has 8 nitrogen and oxygen atoms in total. The molecule has 0 bridgehead atoms. The first kappa shape index (κ1) is 23.5. The Morgan fingerprint density at radius 2 is 1.70 bits per heavy atom. The lowest BCUT2D eigenvalue weighted by Crippen LogP contribution is -2.27. The van der Waals surface area contributed by atoms with Crippen molar-refractivity contribution in [3.05, 3.63) is 53.6 Å². The Bertz CT molecular complexity index is 987. The molecular formula is C21H26N2O6S. The predicted molar refractivity (Wildman–Crippen MR) is 113 cm³/mol. The fraction of sp³-hybridized carbons (Fsp3) is 0.333. The van der Waals surface area contributed by atoms with E-state index in [0.29, 0.717) is 17.0 Å². The van der Waals surface area contributed by atoms with Crippen LogP contribution in [0.25, 0.3) is 0 Å². The van der Waals surface area contributed by atoms with Gasteiger partial charge in [-0.25, -0.2) is 13.1 Å². The Balaban J connectivity index is 1.92. The van der Waals surface area contributed by atoms with Crippen LogP contribution in [0.5, 0.6) is 5.75 Å². The number of ketones is 1.